The lowest BCUT2D eigenvalue weighted by molar-refractivity contribution is -0.151. The number of hydrogen-bond acceptors (Lipinski definition) is 5. The van der Waals surface area contributed by atoms with Gasteiger partial charge in [0.2, 0.25) is 5.91 Å². The predicted octanol–water partition coefficient (Wildman–Crippen LogP) is -1.14. The first kappa shape index (κ1) is 16.4. The van der Waals surface area contributed by atoms with Gasteiger partial charge < -0.3 is 20.7 Å². The first-order chi connectivity index (χ1) is 8.43. The monoisotopic (exact) mass is 259 g/mol. The van der Waals surface area contributed by atoms with Crippen molar-refractivity contribution in [3.63, 3.8) is 0 Å². The fourth-order valence-electron chi connectivity index (χ4n) is 1.18. The van der Waals surface area contributed by atoms with Crippen molar-refractivity contribution in [2.45, 2.75) is 26.3 Å². The molecule has 0 aliphatic carbocycles. The average Bonchev–Trinajstić information content (AvgIpc) is 2.34. The minimum atomic E-state index is -1.38. The lowest BCUT2D eigenvalue weighted by Crippen LogP contribution is -2.50. The Bertz CT molecular complexity index is 307. The van der Waals surface area contributed by atoms with Crippen molar-refractivity contribution < 1.29 is 19.1 Å². The second-order valence-corrected chi connectivity index (χ2v) is 3.77. The van der Waals surface area contributed by atoms with Crippen LogP contribution in [-0.4, -0.2) is 55.5 Å². The van der Waals surface area contributed by atoms with E-state index < -0.39 is 17.9 Å². The van der Waals surface area contributed by atoms with Crippen molar-refractivity contribution in [2.75, 3.05) is 26.7 Å². The molecule has 0 rings (SSSR count). The Morgan fingerprint density at radius 3 is 2.44 bits per heavy atom. The van der Waals surface area contributed by atoms with Crippen molar-refractivity contribution in [3.8, 4) is 0 Å². The summed E-state index contributed by atoms with van der Waals surface area (Å²) in [4.78, 5) is 35.4. The smallest absolute Gasteiger partial charge is 0.332 e. The van der Waals surface area contributed by atoms with Crippen molar-refractivity contribution >= 4 is 17.8 Å². The Morgan fingerprint density at radius 1 is 1.33 bits per heavy atom. The molecule has 0 bridgehead atoms. The molecule has 0 saturated carbocycles. The van der Waals surface area contributed by atoms with Crippen LogP contribution in [0.25, 0.3) is 0 Å². The summed E-state index contributed by atoms with van der Waals surface area (Å²) in [5.74, 6) is -1.72. The third kappa shape index (κ3) is 5.62. The van der Waals surface area contributed by atoms with E-state index >= 15 is 0 Å². The third-order valence-corrected chi connectivity index (χ3v) is 2.14. The largest absolute Gasteiger partial charge is 0.464 e. The number of carbonyl (C=O) groups is 3. The van der Waals surface area contributed by atoms with Gasteiger partial charge in [-0.15, -0.1) is 0 Å². The van der Waals surface area contributed by atoms with Gasteiger partial charge in [-0.25, -0.2) is 4.79 Å². The van der Waals surface area contributed by atoms with Crippen molar-refractivity contribution in [1.82, 2.24) is 10.2 Å². The van der Waals surface area contributed by atoms with E-state index in [1.165, 1.54) is 7.05 Å². The molecule has 1 unspecified atom stereocenters. The molecule has 0 saturated heterocycles. The zero-order valence-electron chi connectivity index (χ0n) is 11.1. The maximum absolute atomic E-state index is 11.7. The first-order valence-electron chi connectivity index (χ1n) is 5.87. The van der Waals surface area contributed by atoms with Crippen LogP contribution in [0, 0.1) is 0 Å². The maximum atomic E-state index is 11.7. The van der Waals surface area contributed by atoms with E-state index in [0.717, 1.165) is 11.3 Å². The second kappa shape index (κ2) is 8.46. The first-order valence-corrected chi connectivity index (χ1v) is 5.87. The number of rotatable bonds is 7. The van der Waals surface area contributed by atoms with E-state index in [2.05, 4.69) is 10.1 Å². The molecule has 104 valence electrons. The number of ether oxygens (including phenoxy) is 1. The normalized spacial score (nSPS) is 11.6. The van der Waals surface area contributed by atoms with E-state index in [9.17, 15) is 14.4 Å². The highest BCUT2D eigenvalue weighted by Crippen LogP contribution is 1.93. The summed E-state index contributed by atoms with van der Waals surface area (Å²) in [5, 5.41) is 2.62. The Balaban J connectivity index is 4.24. The minimum Gasteiger partial charge on any atom is -0.464 e. The minimum absolute atomic E-state index is 0.133. The van der Waals surface area contributed by atoms with Gasteiger partial charge in [0, 0.05) is 13.6 Å². The molecule has 0 aliphatic heterocycles. The molecule has 0 aromatic carbocycles. The van der Waals surface area contributed by atoms with Gasteiger partial charge in [-0.2, -0.15) is 0 Å². The lowest BCUT2D eigenvalue weighted by Gasteiger charge is -2.19. The van der Waals surface area contributed by atoms with Crippen LogP contribution in [0.3, 0.4) is 0 Å². The second-order valence-electron chi connectivity index (χ2n) is 3.77. The van der Waals surface area contributed by atoms with Gasteiger partial charge in [-0.3, -0.25) is 9.59 Å². The van der Waals surface area contributed by atoms with Gasteiger partial charge in [0.25, 0.3) is 5.91 Å². The van der Waals surface area contributed by atoms with E-state index in [1.54, 1.807) is 6.92 Å². The van der Waals surface area contributed by atoms with Crippen molar-refractivity contribution in [2.24, 2.45) is 5.73 Å². The molecule has 0 aromatic rings. The van der Waals surface area contributed by atoms with Gasteiger partial charge >= 0.3 is 5.97 Å². The highest BCUT2D eigenvalue weighted by atomic mass is 16.5. The molecule has 2 amide bonds. The number of nitrogens with zero attached hydrogens (tertiary/aromatic N) is 1. The van der Waals surface area contributed by atoms with Crippen LogP contribution in [0.1, 0.15) is 20.3 Å². The van der Waals surface area contributed by atoms with Crippen molar-refractivity contribution in [1.29, 1.82) is 0 Å². The number of likely N-dealkylation sites (N-methyl/N-ethyl adjacent to an activating group) is 1. The Hall–Kier alpha value is -1.63. The predicted molar refractivity (Wildman–Crippen MR) is 65.5 cm³/mol. The molecule has 0 aliphatic rings. The lowest BCUT2D eigenvalue weighted by atomic mass is 10.2. The van der Waals surface area contributed by atoms with Crippen LogP contribution in [0.4, 0.5) is 0 Å². The Kier molecular flexibility index (Phi) is 7.69. The summed E-state index contributed by atoms with van der Waals surface area (Å²) >= 11 is 0. The molecule has 1 atom stereocenters. The highest BCUT2D eigenvalue weighted by Gasteiger charge is 2.27. The molecule has 0 radical (unpaired) electrons. The van der Waals surface area contributed by atoms with Crippen LogP contribution in [0.2, 0.25) is 0 Å². The third-order valence-electron chi connectivity index (χ3n) is 2.14. The zero-order chi connectivity index (χ0) is 14.1. The summed E-state index contributed by atoms with van der Waals surface area (Å²) in [7, 11) is 1.41. The Morgan fingerprint density at radius 2 is 1.94 bits per heavy atom. The number of hydrogen-bond donors (Lipinski definition) is 2. The van der Waals surface area contributed by atoms with E-state index in [1.807, 2.05) is 6.92 Å². The Labute approximate surface area is 107 Å². The molecule has 18 heavy (non-hydrogen) atoms. The number of nitrogens with one attached hydrogen (secondary N) is 1. The number of nitrogens with two attached hydrogens (primary N) is 1. The average molecular weight is 259 g/mol. The molecular formula is C11H21N3O4. The summed E-state index contributed by atoms with van der Waals surface area (Å²) in [5.41, 5.74) is 5.43. The fraction of sp³-hybridized carbons (Fsp3) is 0.727. The molecule has 0 heterocycles. The van der Waals surface area contributed by atoms with Gasteiger partial charge in [0.05, 0.1) is 13.2 Å². The fourth-order valence-corrected chi connectivity index (χ4v) is 1.18. The molecule has 0 aromatic heterocycles. The zero-order valence-corrected chi connectivity index (χ0v) is 11.1. The SMILES string of the molecule is CCCNC(=O)CN(C)C(=O)C(N)C(=O)OCC. The maximum Gasteiger partial charge on any atom is 0.332 e. The molecule has 0 spiro atoms. The summed E-state index contributed by atoms with van der Waals surface area (Å²) in [6.07, 6.45) is 0.811. The summed E-state index contributed by atoms with van der Waals surface area (Å²) in [6, 6.07) is -1.38. The van der Waals surface area contributed by atoms with Crippen LogP contribution in [0.15, 0.2) is 0 Å². The van der Waals surface area contributed by atoms with Gasteiger partial charge in [0.15, 0.2) is 6.04 Å². The highest BCUT2D eigenvalue weighted by molar-refractivity contribution is 6.02. The standard InChI is InChI=1S/C11H21N3O4/c1-4-6-13-8(15)7-14(3)10(16)9(12)11(17)18-5-2/h9H,4-7,12H2,1-3H3,(H,13,15). The quantitative estimate of drug-likeness (QED) is 0.444. The topological polar surface area (TPSA) is 102 Å². The van der Waals surface area contributed by atoms with Gasteiger partial charge in [-0.1, -0.05) is 6.92 Å². The van der Waals surface area contributed by atoms with Crippen molar-refractivity contribution in [3.05, 3.63) is 0 Å². The van der Waals surface area contributed by atoms with E-state index in [-0.39, 0.29) is 19.1 Å². The van der Waals surface area contributed by atoms with E-state index in [0.29, 0.717) is 6.54 Å². The molecule has 0 fully saturated rings. The van der Waals surface area contributed by atoms with Crippen LogP contribution in [0.5, 0.6) is 0 Å². The van der Waals surface area contributed by atoms with E-state index in [4.69, 9.17) is 5.73 Å². The number of carbonyl (C=O) groups excluding carboxylic acids is 3. The van der Waals surface area contributed by atoms with Crippen LogP contribution >= 0.6 is 0 Å². The van der Waals surface area contributed by atoms with Crippen LogP contribution < -0.4 is 11.1 Å². The number of amides is 2. The summed E-state index contributed by atoms with van der Waals surface area (Å²) < 4.78 is 4.63. The van der Waals surface area contributed by atoms with Gasteiger partial charge in [0.1, 0.15) is 0 Å². The molecule has 3 N–H and O–H groups in total. The molecule has 7 heteroatoms. The molecular weight excluding hydrogens is 238 g/mol. The number of esters is 1. The summed E-state index contributed by atoms with van der Waals surface area (Å²) in [6.45, 7) is 4.11. The molecule has 7 nitrogen and oxygen atoms in total. The van der Waals surface area contributed by atoms with Crippen LogP contribution in [-0.2, 0) is 19.1 Å². The van der Waals surface area contributed by atoms with Gasteiger partial charge in [-0.05, 0) is 13.3 Å².